The van der Waals surface area contributed by atoms with Gasteiger partial charge in [-0.05, 0) is 24.3 Å². The summed E-state index contributed by atoms with van der Waals surface area (Å²) in [6.07, 6.45) is 6.91. The van der Waals surface area contributed by atoms with Crippen LogP contribution in [0.25, 0.3) is 0 Å². The van der Waals surface area contributed by atoms with E-state index in [1.165, 1.54) is 30.9 Å². The van der Waals surface area contributed by atoms with Gasteiger partial charge in [0.05, 0.1) is 6.61 Å². The summed E-state index contributed by atoms with van der Waals surface area (Å²) < 4.78 is 4.93. The monoisotopic (exact) mass is 260 g/mol. The molecular weight excluding hydrogens is 236 g/mol. The van der Waals surface area contributed by atoms with Crippen LogP contribution in [0.2, 0.25) is 0 Å². The minimum absolute atomic E-state index is 0.322. The van der Waals surface area contributed by atoms with E-state index in [2.05, 4.69) is 43.8 Å². The molecule has 0 heterocycles. The molecule has 0 spiro atoms. The number of hydrogen-bond donors (Lipinski definition) is 0. The number of unbranched alkanes of at least 4 members (excludes halogenated alkanes) is 3. The maximum absolute atomic E-state index is 10.8. The van der Waals surface area contributed by atoms with E-state index in [1.54, 1.807) is 0 Å². The van der Waals surface area contributed by atoms with E-state index in [4.69, 9.17) is 4.74 Å². The van der Waals surface area contributed by atoms with Crippen LogP contribution in [0.4, 0.5) is 0 Å². The highest BCUT2D eigenvalue weighted by molar-refractivity contribution is 5.81. The number of carbonyl (C=O) groups is 1. The molecule has 19 heavy (non-hydrogen) atoms. The predicted molar refractivity (Wildman–Crippen MR) is 79.1 cm³/mol. The zero-order valence-corrected chi connectivity index (χ0v) is 11.8. The van der Waals surface area contributed by atoms with Gasteiger partial charge in [0, 0.05) is 6.08 Å². The van der Waals surface area contributed by atoms with Gasteiger partial charge in [-0.2, -0.15) is 0 Å². The van der Waals surface area contributed by atoms with Crippen molar-refractivity contribution in [2.45, 2.75) is 44.9 Å². The fourth-order valence-electron chi connectivity index (χ4n) is 2.09. The summed E-state index contributed by atoms with van der Waals surface area (Å²) in [5, 5.41) is 0. The number of benzene rings is 1. The number of rotatable bonds is 9. The van der Waals surface area contributed by atoms with Gasteiger partial charge < -0.3 is 4.74 Å². The van der Waals surface area contributed by atoms with Gasteiger partial charge in [-0.25, -0.2) is 4.79 Å². The summed E-state index contributed by atoms with van der Waals surface area (Å²) in [6, 6.07) is 10.6. The van der Waals surface area contributed by atoms with E-state index >= 15 is 0 Å². The van der Waals surface area contributed by atoms with Crippen molar-refractivity contribution < 1.29 is 9.53 Å². The van der Waals surface area contributed by atoms with E-state index < -0.39 is 0 Å². The Morgan fingerprint density at radius 1 is 1.21 bits per heavy atom. The number of esters is 1. The van der Waals surface area contributed by atoms with Gasteiger partial charge in [-0.3, -0.25) is 0 Å². The Bertz CT molecular complexity index is 370. The molecule has 0 aliphatic heterocycles. The van der Waals surface area contributed by atoms with E-state index in [1.807, 2.05) is 0 Å². The SMILES string of the molecule is C=CC(=O)OCCCCCCC(C)c1ccccc1. The zero-order chi connectivity index (χ0) is 13.9. The first-order valence-electron chi connectivity index (χ1n) is 7.08. The van der Waals surface area contributed by atoms with Crippen LogP contribution in [0.1, 0.15) is 50.5 Å². The summed E-state index contributed by atoms with van der Waals surface area (Å²) >= 11 is 0. The van der Waals surface area contributed by atoms with Gasteiger partial charge in [0.25, 0.3) is 0 Å². The Hall–Kier alpha value is -1.57. The summed E-state index contributed by atoms with van der Waals surface area (Å²) in [5.41, 5.74) is 1.42. The van der Waals surface area contributed by atoms with Crippen LogP contribution in [-0.2, 0) is 9.53 Å². The molecule has 0 saturated carbocycles. The lowest BCUT2D eigenvalue weighted by atomic mass is 9.95. The van der Waals surface area contributed by atoms with Crippen molar-refractivity contribution >= 4 is 5.97 Å². The second-order valence-electron chi connectivity index (χ2n) is 4.89. The highest BCUT2D eigenvalue weighted by Crippen LogP contribution is 2.21. The van der Waals surface area contributed by atoms with Crippen molar-refractivity contribution in [2.24, 2.45) is 0 Å². The molecule has 0 saturated heterocycles. The first-order valence-corrected chi connectivity index (χ1v) is 7.08. The van der Waals surface area contributed by atoms with Crippen LogP contribution < -0.4 is 0 Å². The molecule has 0 aliphatic rings. The second kappa shape index (κ2) is 9.37. The summed E-state index contributed by atoms with van der Waals surface area (Å²) in [4.78, 5) is 10.8. The maximum atomic E-state index is 10.8. The maximum Gasteiger partial charge on any atom is 0.330 e. The molecule has 104 valence electrons. The van der Waals surface area contributed by atoms with Gasteiger partial charge in [0.1, 0.15) is 0 Å². The van der Waals surface area contributed by atoms with Crippen molar-refractivity contribution in [1.82, 2.24) is 0 Å². The predicted octanol–water partition coefficient (Wildman–Crippen LogP) is 4.47. The van der Waals surface area contributed by atoms with Crippen molar-refractivity contribution in [3.63, 3.8) is 0 Å². The van der Waals surface area contributed by atoms with Crippen molar-refractivity contribution in [2.75, 3.05) is 6.61 Å². The van der Waals surface area contributed by atoms with Gasteiger partial charge in [-0.1, -0.05) is 63.1 Å². The molecule has 0 radical (unpaired) electrons. The Morgan fingerprint density at radius 3 is 2.58 bits per heavy atom. The summed E-state index contributed by atoms with van der Waals surface area (Å²) in [7, 11) is 0. The van der Waals surface area contributed by atoms with Crippen LogP contribution in [0.5, 0.6) is 0 Å². The normalized spacial score (nSPS) is 11.8. The molecular formula is C17H24O2. The van der Waals surface area contributed by atoms with Crippen LogP contribution in [0, 0.1) is 0 Å². The lowest BCUT2D eigenvalue weighted by molar-refractivity contribution is -0.137. The third-order valence-electron chi connectivity index (χ3n) is 3.31. The minimum Gasteiger partial charge on any atom is -0.463 e. The largest absolute Gasteiger partial charge is 0.463 e. The van der Waals surface area contributed by atoms with Crippen LogP contribution in [-0.4, -0.2) is 12.6 Å². The number of ether oxygens (including phenoxy) is 1. The molecule has 0 bridgehead atoms. The van der Waals surface area contributed by atoms with E-state index in [0.717, 1.165) is 12.8 Å². The fraction of sp³-hybridized carbons (Fsp3) is 0.471. The van der Waals surface area contributed by atoms with Crippen molar-refractivity contribution in [1.29, 1.82) is 0 Å². The van der Waals surface area contributed by atoms with Crippen LogP contribution in [0.3, 0.4) is 0 Å². The topological polar surface area (TPSA) is 26.3 Å². The Balaban J connectivity index is 2.02. The molecule has 1 atom stereocenters. The first-order chi connectivity index (χ1) is 9.24. The highest BCUT2D eigenvalue weighted by Gasteiger charge is 2.04. The van der Waals surface area contributed by atoms with Crippen LogP contribution in [0.15, 0.2) is 43.0 Å². The smallest absolute Gasteiger partial charge is 0.330 e. The van der Waals surface area contributed by atoms with E-state index in [0.29, 0.717) is 12.5 Å². The molecule has 0 aliphatic carbocycles. The van der Waals surface area contributed by atoms with Gasteiger partial charge >= 0.3 is 5.97 Å². The highest BCUT2D eigenvalue weighted by atomic mass is 16.5. The number of carbonyl (C=O) groups excluding carboxylic acids is 1. The molecule has 1 aromatic rings. The van der Waals surface area contributed by atoms with Gasteiger partial charge in [-0.15, -0.1) is 0 Å². The Morgan fingerprint density at radius 2 is 1.89 bits per heavy atom. The molecule has 0 amide bonds. The molecule has 1 aromatic carbocycles. The van der Waals surface area contributed by atoms with Crippen molar-refractivity contribution in [3.05, 3.63) is 48.6 Å². The Labute approximate surface area is 116 Å². The van der Waals surface area contributed by atoms with Crippen LogP contribution >= 0.6 is 0 Å². The fourth-order valence-corrected chi connectivity index (χ4v) is 2.09. The second-order valence-corrected chi connectivity index (χ2v) is 4.89. The molecule has 0 N–H and O–H groups in total. The lowest BCUT2D eigenvalue weighted by Gasteiger charge is -2.11. The molecule has 1 rings (SSSR count). The standard InChI is InChI=1S/C17H24O2/c1-3-17(18)19-14-10-5-4-7-11-15(2)16-12-8-6-9-13-16/h3,6,8-9,12-13,15H,1,4-5,7,10-11,14H2,2H3. The molecule has 1 unspecified atom stereocenters. The third kappa shape index (κ3) is 6.80. The molecule has 2 heteroatoms. The van der Waals surface area contributed by atoms with E-state index in [-0.39, 0.29) is 5.97 Å². The third-order valence-corrected chi connectivity index (χ3v) is 3.31. The summed E-state index contributed by atoms with van der Waals surface area (Å²) in [6.45, 7) is 6.15. The van der Waals surface area contributed by atoms with Crippen molar-refractivity contribution in [3.8, 4) is 0 Å². The van der Waals surface area contributed by atoms with E-state index in [9.17, 15) is 4.79 Å². The number of hydrogen-bond acceptors (Lipinski definition) is 2. The first kappa shape index (κ1) is 15.5. The molecule has 0 aromatic heterocycles. The van der Waals surface area contributed by atoms with Gasteiger partial charge in [0.15, 0.2) is 0 Å². The van der Waals surface area contributed by atoms with Gasteiger partial charge in [0.2, 0.25) is 0 Å². The molecule has 2 nitrogen and oxygen atoms in total. The zero-order valence-electron chi connectivity index (χ0n) is 11.8. The molecule has 0 fully saturated rings. The average Bonchev–Trinajstić information content (AvgIpc) is 2.46. The summed E-state index contributed by atoms with van der Waals surface area (Å²) in [5.74, 6) is 0.303. The minimum atomic E-state index is -0.322. The Kier molecular flexibility index (Phi) is 7.64. The average molecular weight is 260 g/mol. The quantitative estimate of drug-likeness (QED) is 0.372. The lowest BCUT2D eigenvalue weighted by Crippen LogP contribution is -2.01.